The van der Waals surface area contributed by atoms with Crippen molar-refractivity contribution in [3.63, 3.8) is 0 Å². The monoisotopic (exact) mass is 411 g/mol. The van der Waals surface area contributed by atoms with Gasteiger partial charge in [-0.2, -0.15) is 0 Å². The number of aryl methyl sites for hydroxylation is 1. The van der Waals surface area contributed by atoms with Crippen molar-refractivity contribution in [2.24, 2.45) is 0 Å². The van der Waals surface area contributed by atoms with Crippen molar-refractivity contribution in [2.75, 3.05) is 39.3 Å². The van der Waals surface area contributed by atoms with Crippen molar-refractivity contribution < 1.29 is 9.21 Å². The highest BCUT2D eigenvalue weighted by molar-refractivity contribution is 6.07. The second kappa shape index (κ2) is 9.52. The average Bonchev–Trinajstić information content (AvgIpc) is 3.15. The van der Waals surface area contributed by atoms with E-state index in [4.69, 9.17) is 4.42 Å². The molecule has 0 atom stereocenters. The first-order valence-corrected chi connectivity index (χ1v) is 11.9. The molecule has 164 valence electrons. The minimum absolute atomic E-state index is 0.153. The first-order chi connectivity index (χ1) is 14.6. The smallest absolute Gasteiger partial charge is 0.258 e. The fourth-order valence-corrected chi connectivity index (χ4v) is 5.06. The van der Waals surface area contributed by atoms with Crippen LogP contribution in [0.1, 0.15) is 62.6 Å². The van der Waals surface area contributed by atoms with E-state index >= 15 is 0 Å². The third-order valence-corrected chi connectivity index (χ3v) is 6.99. The summed E-state index contributed by atoms with van der Waals surface area (Å²) in [5.41, 5.74) is 1.64. The molecule has 0 unspecified atom stereocenters. The number of para-hydroxylation sites is 1. The lowest BCUT2D eigenvalue weighted by Gasteiger charge is -2.43. The van der Waals surface area contributed by atoms with Crippen molar-refractivity contribution in [1.29, 1.82) is 0 Å². The van der Waals surface area contributed by atoms with Gasteiger partial charge in [-0.1, -0.05) is 31.5 Å². The number of carbonyl (C=O) groups is 1. The highest BCUT2D eigenvalue weighted by atomic mass is 16.3. The van der Waals surface area contributed by atoms with Crippen LogP contribution in [0.3, 0.4) is 0 Å². The summed E-state index contributed by atoms with van der Waals surface area (Å²) in [6, 6.07) is 9.30. The molecule has 1 aromatic carbocycles. The lowest BCUT2D eigenvalue weighted by molar-refractivity contribution is 0.0417. The molecule has 2 saturated heterocycles. The number of piperazine rings is 1. The molecule has 0 bridgehead atoms. The quantitative estimate of drug-likeness (QED) is 0.706. The van der Waals surface area contributed by atoms with E-state index in [1.165, 1.54) is 25.9 Å². The van der Waals surface area contributed by atoms with Gasteiger partial charge in [0.15, 0.2) is 0 Å². The molecule has 5 nitrogen and oxygen atoms in total. The maximum Gasteiger partial charge on any atom is 0.258 e. The van der Waals surface area contributed by atoms with Gasteiger partial charge in [0.25, 0.3) is 5.91 Å². The molecule has 2 aliphatic rings. The fraction of sp³-hybridized carbons (Fsp3) is 0.640. The van der Waals surface area contributed by atoms with E-state index in [2.05, 4.69) is 30.6 Å². The van der Waals surface area contributed by atoms with Gasteiger partial charge in [-0.15, -0.1) is 0 Å². The Morgan fingerprint density at radius 1 is 1.07 bits per heavy atom. The summed E-state index contributed by atoms with van der Waals surface area (Å²) >= 11 is 0. The number of likely N-dealkylation sites (tertiary alicyclic amines) is 1. The van der Waals surface area contributed by atoms with E-state index in [0.29, 0.717) is 12.1 Å². The van der Waals surface area contributed by atoms with Crippen molar-refractivity contribution in [2.45, 2.75) is 65.0 Å². The van der Waals surface area contributed by atoms with Gasteiger partial charge in [-0.3, -0.25) is 9.69 Å². The molecule has 2 aromatic rings. The number of furan rings is 1. The van der Waals surface area contributed by atoms with Gasteiger partial charge < -0.3 is 14.2 Å². The number of hydrogen-bond acceptors (Lipinski definition) is 4. The number of carbonyl (C=O) groups excluding carboxylic acids is 1. The Bertz CT molecular complexity index is 843. The number of rotatable bonds is 6. The minimum Gasteiger partial charge on any atom is -0.460 e. The number of fused-ring (bicyclic) bond motifs is 1. The van der Waals surface area contributed by atoms with Gasteiger partial charge in [0, 0.05) is 50.1 Å². The Balaban J connectivity index is 1.41. The molecule has 2 aliphatic heterocycles. The van der Waals surface area contributed by atoms with Crippen LogP contribution in [0.15, 0.2) is 28.7 Å². The van der Waals surface area contributed by atoms with E-state index in [9.17, 15) is 4.79 Å². The fourth-order valence-electron chi connectivity index (χ4n) is 5.06. The largest absolute Gasteiger partial charge is 0.460 e. The summed E-state index contributed by atoms with van der Waals surface area (Å²) in [5, 5.41) is 0.970. The third-order valence-electron chi connectivity index (χ3n) is 6.99. The maximum absolute atomic E-state index is 13.5. The Hall–Kier alpha value is -1.85. The van der Waals surface area contributed by atoms with Crippen LogP contribution in [0.2, 0.25) is 0 Å². The van der Waals surface area contributed by atoms with E-state index < -0.39 is 0 Å². The molecule has 1 amide bonds. The molecule has 1 aromatic heterocycles. The number of amides is 1. The van der Waals surface area contributed by atoms with Gasteiger partial charge >= 0.3 is 0 Å². The molecule has 0 radical (unpaired) electrons. The van der Waals surface area contributed by atoms with Crippen LogP contribution < -0.4 is 0 Å². The average molecular weight is 412 g/mol. The Morgan fingerprint density at radius 2 is 1.77 bits per heavy atom. The summed E-state index contributed by atoms with van der Waals surface area (Å²) in [6.07, 6.45) is 5.47. The van der Waals surface area contributed by atoms with Crippen LogP contribution in [0, 0.1) is 0 Å². The van der Waals surface area contributed by atoms with Crippen molar-refractivity contribution in [1.82, 2.24) is 14.7 Å². The first kappa shape index (κ1) is 21.4. The number of piperidine rings is 1. The van der Waals surface area contributed by atoms with Gasteiger partial charge in [0.1, 0.15) is 11.3 Å². The van der Waals surface area contributed by atoms with Crippen LogP contribution in [0.4, 0.5) is 0 Å². The standard InChI is InChI=1S/C25H37N3O2/c1-4-5-9-23-24(21-8-6-7-10-22(21)30-23)25(29)28-17-15-27(16-18-28)20-11-13-26(14-12-20)19(2)3/h6-8,10,19-20H,4-5,9,11-18H2,1-3H3. The summed E-state index contributed by atoms with van der Waals surface area (Å²) in [6.45, 7) is 12.8. The van der Waals surface area contributed by atoms with Crippen LogP contribution in [-0.2, 0) is 6.42 Å². The van der Waals surface area contributed by atoms with Crippen LogP contribution in [0.25, 0.3) is 11.0 Å². The predicted octanol–water partition coefficient (Wildman–Crippen LogP) is 4.41. The van der Waals surface area contributed by atoms with Gasteiger partial charge in [0.05, 0.1) is 5.56 Å². The van der Waals surface area contributed by atoms with Crippen molar-refractivity contribution in [3.8, 4) is 0 Å². The SMILES string of the molecule is CCCCc1oc2ccccc2c1C(=O)N1CCN(C2CCN(C(C)C)CC2)CC1. The highest BCUT2D eigenvalue weighted by Crippen LogP contribution is 2.29. The molecule has 0 saturated carbocycles. The zero-order valence-corrected chi connectivity index (χ0v) is 18.9. The predicted molar refractivity (Wildman–Crippen MR) is 122 cm³/mol. The number of benzene rings is 1. The van der Waals surface area contributed by atoms with E-state index in [-0.39, 0.29) is 5.91 Å². The summed E-state index contributed by atoms with van der Waals surface area (Å²) < 4.78 is 6.10. The second-order valence-electron chi connectivity index (χ2n) is 9.19. The van der Waals surface area contributed by atoms with Gasteiger partial charge in [-0.05, 0) is 52.3 Å². The van der Waals surface area contributed by atoms with Crippen LogP contribution in [-0.4, -0.2) is 72.0 Å². The third kappa shape index (κ3) is 4.42. The minimum atomic E-state index is 0.153. The molecule has 30 heavy (non-hydrogen) atoms. The summed E-state index contributed by atoms with van der Waals surface area (Å²) in [4.78, 5) is 20.7. The molecule has 0 spiro atoms. The Morgan fingerprint density at radius 3 is 2.43 bits per heavy atom. The second-order valence-corrected chi connectivity index (χ2v) is 9.19. The summed E-state index contributed by atoms with van der Waals surface area (Å²) in [7, 11) is 0. The molecule has 0 aliphatic carbocycles. The first-order valence-electron chi connectivity index (χ1n) is 11.9. The zero-order valence-electron chi connectivity index (χ0n) is 18.9. The lowest BCUT2D eigenvalue weighted by Crippen LogP contribution is -2.54. The zero-order chi connectivity index (χ0) is 21.1. The number of unbranched alkanes of at least 4 members (excludes halogenated alkanes) is 1. The summed E-state index contributed by atoms with van der Waals surface area (Å²) in [5.74, 6) is 1.02. The molecule has 2 fully saturated rings. The Labute approximate surface area is 181 Å². The van der Waals surface area contributed by atoms with Crippen molar-refractivity contribution in [3.05, 3.63) is 35.6 Å². The topological polar surface area (TPSA) is 39.9 Å². The van der Waals surface area contributed by atoms with Crippen molar-refractivity contribution >= 4 is 16.9 Å². The molecular weight excluding hydrogens is 374 g/mol. The lowest BCUT2D eigenvalue weighted by atomic mass is 10.0. The highest BCUT2D eigenvalue weighted by Gasteiger charge is 2.31. The molecule has 5 heteroatoms. The van der Waals surface area contributed by atoms with Crippen LogP contribution in [0.5, 0.6) is 0 Å². The molecule has 4 rings (SSSR count). The van der Waals surface area contributed by atoms with Gasteiger partial charge in [-0.25, -0.2) is 0 Å². The molecule has 0 N–H and O–H groups in total. The number of nitrogens with zero attached hydrogens (tertiary/aromatic N) is 3. The number of hydrogen-bond donors (Lipinski definition) is 0. The van der Waals surface area contributed by atoms with Gasteiger partial charge in [0.2, 0.25) is 0 Å². The van der Waals surface area contributed by atoms with Crippen LogP contribution >= 0.6 is 0 Å². The molecular formula is C25H37N3O2. The maximum atomic E-state index is 13.5. The normalized spacial score (nSPS) is 19.8. The Kier molecular flexibility index (Phi) is 6.79. The molecule has 3 heterocycles. The van der Waals surface area contributed by atoms with E-state index in [1.807, 2.05) is 29.2 Å². The van der Waals surface area contributed by atoms with E-state index in [0.717, 1.165) is 67.7 Å². The van der Waals surface area contributed by atoms with E-state index in [1.54, 1.807) is 0 Å².